The second kappa shape index (κ2) is 4.69. The molecule has 1 fully saturated rings. The maximum absolute atomic E-state index is 5.53. The predicted molar refractivity (Wildman–Crippen MR) is 64.3 cm³/mol. The van der Waals surface area contributed by atoms with Crippen molar-refractivity contribution in [2.24, 2.45) is 0 Å². The van der Waals surface area contributed by atoms with Gasteiger partial charge in [-0.15, -0.1) is 5.10 Å². The van der Waals surface area contributed by atoms with Crippen molar-refractivity contribution in [3.8, 4) is 0 Å². The van der Waals surface area contributed by atoms with Crippen molar-refractivity contribution in [1.29, 1.82) is 0 Å². The standard InChI is InChI=1S/C10H20N6/c1-3-15(4-2)8-5-6-16(7-8)10-12-9(11)13-14-10/h8H,3-7H2,1-2H3,(H3,11,12,13,14). The number of aromatic amines is 1. The van der Waals surface area contributed by atoms with Gasteiger partial charge in [-0.2, -0.15) is 4.98 Å². The minimum atomic E-state index is 0.390. The smallest absolute Gasteiger partial charge is 0.246 e. The molecular weight excluding hydrogens is 204 g/mol. The Morgan fingerprint density at radius 1 is 1.50 bits per heavy atom. The summed E-state index contributed by atoms with van der Waals surface area (Å²) in [6, 6.07) is 0.620. The lowest BCUT2D eigenvalue weighted by Crippen LogP contribution is -2.37. The van der Waals surface area contributed by atoms with Crippen molar-refractivity contribution < 1.29 is 0 Å². The Morgan fingerprint density at radius 2 is 2.25 bits per heavy atom. The normalized spacial score (nSPS) is 20.9. The van der Waals surface area contributed by atoms with E-state index in [0.717, 1.165) is 32.1 Å². The van der Waals surface area contributed by atoms with Gasteiger partial charge in [0.05, 0.1) is 0 Å². The van der Waals surface area contributed by atoms with Crippen LogP contribution >= 0.6 is 0 Å². The molecule has 16 heavy (non-hydrogen) atoms. The number of nitrogens with one attached hydrogen (secondary N) is 1. The van der Waals surface area contributed by atoms with E-state index < -0.39 is 0 Å². The number of nitrogen functional groups attached to an aromatic ring is 1. The molecule has 1 saturated heterocycles. The number of aromatic nitrogens is 3. The van der Waals surface area contributed by atoms with Crippen molar-refractivity contribution in [2.75, 3.05) is 36.8 Å². The van der Waals surface area contributed by atoms with E-state index in [-0.39, 0.29) is 0 Å². The molecule has 0 aromatic carbocycles. The summed E-state index contributed by atoms with van der Waals surface area (Å²) in [5, 5.41) is 6.77. The quantitative estimate of drug-likeness (QED) is 0.770. The third kappa shape index (κ3) is 2.11. The van der Waals surface area contributed by atoms with Gasteiger partial charge >= 0.3 is 0 Å². The lowest BCUT2D eigenvalue weighted by atomic mass is 10.2. The Balaban J connectivity index is 1.97. The summed E-state index contributed by atoms with van der Waals surface area (Å²) in [7, 11) is 0. The zero-order valence-electron chi connectivity index (χ0n) is 9.98. The number of hydrogen-bond donors (Lipinski definition) is 2. The first-order valence-electron chi connectivity index (χ1n) is 5.91. The number of hydrogen-bond acceptors (Lipinski definition) is 5. The maximum Gasteiger partial charge on any atom is 0.246 e. The molecule has 1 aromatic rings. The monoisotopic (exact) mass is 224 g/mol. The highest BCUT2D eigenvalue weighted by Crippen LogP contribution is 2.19. The summed E-state index contributed by atoms with van der Waals surface area (Å²) < 4.78 is 0. The number of H-pyrrole nitrogens is 1. The van der Waals surface area contributed by atoms with E-state index in [1.807, 2.05) is 0 Å². The van der Waals surface area contributed by atoms with Gasteiger partial charge in [-0.3, -0.25) is 4.90 Å². The molecule has 0 saturated carbocycles. The summed E-state index contributed by atoms with van der Waals surface area (Å²) in [6.07, 6.45) is 1.18. The minimum absolute atomic E-state index is 0.390. The zero-order chi connectivity index (χ0) is 11.5. The van der Waals surface area contributed by atoms with Crippen LogP contribution in [0.2, 0.25) is 0 Å². The first kappa shape index (κ1) is 11.2. The summed E-state index contributed by atoms with van der Waals surface area (Å²) in [5.41, 5.74) is 5.53. The van der Waals surface area contributed by atoms with Crippen LogP contribution in [-0.4, -0.2) is 52.3 Å². The average Bonchev–Trinajstić information content (AvgIpc) is 2.89. The van der Waals surface area contributed by atoms with E-state index in [1.54, 1.807) is 0 Å². The molecule has 1 atom stereocenters. The molecule has 2 rings (SSSR count). The van der Waals surface area contributed by atoms with Gasteiger partial charge in [0.2, 0.25) is 11.9 Å². The van der Waals surface area contributed by atoms with Crippen LogP contribution in [0, 0.1) is 0 Å². The van der Waals surface area contributed by atoms with Crippen molar-refractivity contribution in [2.45, 2.75) is 26.3 Å². The van der Waals surface area contributed by atoms with Crippen LogP contribution in [0.1, 0.15) is 20.3 Å². The number of nitrogens with two attached hydrogens (primary N) is 1. The van der Waals surface area contributed by atoms with Crippen LogP contribution in [0.15, 0.2) is 0 Å². The highest BCUT2D eigenvalue weighted by molar-refractivity contribution is 5.35. The lowest BCUT2D eigenvalue weighted by molar-refractivity contribution is 0.232. The van der Waals surface area contributed by atoms with E-state index in [2.05, 4.69) is 38.8 Å². The Labute approximate surface area is 95.8 Å². The van der Waals surface area contributed by atoms with Crippen LogP contribution in [0.3, 0.4) is 0 Å². The van der Waals surface area contributed by atoms with Crippen LogP contribution in [0.25, 0.3) is 0 Å². The molecule has 2 heterocycles. The molecule has 1 unspecified atom stereocenters. The van der Waals surface area contributed by atoms with Crippen molar-refractivity contribution >= 4 is 11.9 Å². The van der Waals surface area contributed by atoms with E-state index in [9.17, 15) is 0 Å². The Bertz CT molecular complexity index is 332. The summed E-state index contributed by atoms with van der Waals surface area (Å²) >= 11 is 0. The van der Waals surface area contributed by atoms with Gasteiger partial charge in [-0.1, -0.05) is 13.8 Å². The minimum Gasteiger partial charge on any atom is -0.368 e. The van der Waals surface area contributed by atoms with Crippen LogP contribution < -0.4 is 10.6 Å². The molecule has 6 heteroatoms. The summed E-state index contributed by atoms with van der Waals surface area (Å²) in [6.45, 7) is 8.63. The van der Waals surface area contributed by atoms with Crippen LogP contribution in [0.4, 0.5) is 11.9 Å². The molecule has 0 spiro atoms. The number of nitrogens with zero attached hydrogens (tertiary/aromatic N) is 4. The van der Waals surface area contributed by atoms with Crippen LogP contribution in [-0.2, 0) is 0 Å². The van der Waals surface area contributed by atoms with Gasteiger partial charge < -0.3 is 10.6 Å². The van der Waals surface area contributed by atoms with Gasteiger partial charge in [-0.25, -0.2) is 5.10 Å². The fraction of sp³-hybridized carbons (Fsp3) is 0.800. The molecular formula is C10H20N6. The Hall–Kier alpha value is -1.30. The summed E-state index contributed by atoms with van der Waals surface area (Å²) in [5.74, 6) is 1.12. The molecule has 0 amide bonds. The highest BCUT2D eigenvalue weighted by Gasteiger charge is 2.27. The first-order valence-corrected chi connectivity index (χ1v) is 5.91. The molecule has 0 radical (unpaired) electrons. The molecule has 0 bridgehead atoms. The molecule has 0 aliphatic carbocycles. The third-order valence-electron chi connectivity index (χ3n) is 3.27. The van der Waals surface area contributed by atoms with Gasteiger partial charge in [0, 0.05) is 19.1 Å². The molecule has 1 aromatic heterocycles. The molecule has 1 aliphatic heterocycles. The van der Waals surface area contributed by atoms with Gasteiger partial charge in [0.1, 0.15) is 0 Å². The topological polar surface area (TPSA) is 74.1 Å². The number of likely N-dealkylation sites (N-methyl/N-ethyl adjacent to an activating group) is 1. The first-order chi connectivity index (χ1) is 7.74. The van der Waals surface area contributed by atoms with Gasteiger partial charge in [0.25, 0.3) is 0 Å². The lowest BCUT2D eigenvalue weighted by Gasteiger charge is -2.25. The van der Waals surface area contributed by atoms with Crippen molar-refractivity contribution in [3.05, 3.63) is 0 Å². The second-order valence-electron chi connectivity index (χ2n) is 4.13. The Kier molecular flexibility index (Phi) is 3.28. The number of rotatable bonds is 4. The third-order valence-corrected chi connectivity index (χ3v) is 3.27. The van der Waals surface area contributed by atoms with E-state index in [1.165, 1.54) is 6.42 Å². The largest absolute Gasteiger partial charge is 0.368 e. The molecule has 6 nitrogen and oxygen atoms in total. The maximum atomic E-state index is 5.53. The average molecular weight is 224 g/mol. The Morgan fingerprint density at radius 3 is 2.81 bits per heavy atom. The summed E-state index contributed by atoms with van der Waals surface area (Å²) in [4.78, 5) is 8.83. The molecule has 1 aliphatic rings. The van der Waals surface area contributed by atoms with Crippen molar-refractivity contribution in [1.82, 2.24) is 20.1 Å². The van der Waals surface area contributed by atoms with Crippen LogP contribution in [0.5, 0.6) is 0 Å². The fourth-order valence-electron chi connectivity index (χ4n) is 2.37. The predicted octanol–water partition coefficient (Wildman–Crippen LogP) is 0.307. The van der Waals surface area contributed by atoms with E-state index >= 15 is 0 Å². The van der Waals surface area contributed by atoms with Gasteiger partial charge in [-0.05, 0) is 19.5 Å². The number of anilines is 2. The second-order valence-corrected chi connectivity index (χ2v) is 4.13. The highest BCUT2D eigenvalue weighted by atomic mass is 15.4. The fourth-order valence-corrected chi connectivity index (χ4v) is 2.37. The van der Waals surface area contributed by atoms with E-state index in [4.69, 9.17) is 5.73 Å². The SMILES string of the molecule is CCN(CC)C1CCN(c2n[nH]c(N)n2)C1. The molecule has 90 valence electrons. The van der Waals surface area contributed by atoms with E-state index in [0.29, 0.717) is 12.0 Å². The molecule has 3 N–H and O–H groups in total. The van der Waals surface area contributed by atoms with Crippen molar-refractivity contribution in [3.63, 3.8) is 0 Å². The van der Waals surface area contributed by atoms with Gasteiger partial charge in [0.15, 0.2) is 0 Å². The zero-order valence-corrected chi connectivity index (χ0v) is 9.98.